The number of thiazole rings is 1. The van der Waals surface area contributed by atoms with E-state index < -0.39 is 0 Å². The van der Waals surface area contributed by atoms with Gasteiger partial charge in [-0.1, -0.05) is 11.3 Å². The average Bonchev–Trinajstić information content (AvgIpc) is 2.82. The van der Waals surface area contributed by atoms with Crippen LogP contribution in [0.1, 0.15) is 23.4 Å². The van der Waals surface area contributed by atoms with Crippen LogP contribution in [0, 0.1) is 6.92 Å². The summed E-state index contributed by atoms with van der Waals surface area (Å²) in [7, 11) is 0. The van der Waals surface area contributed by atoms with Crippen LogP contribution < -0.4 is 4.90 Å². The van der Waals surface area contributed by atoms with E-state index in [0.717, 1.165) is 28.8 Å². The molecule has 2 bridgehead atoms. The molecule has 0 radical (unpaired) electrons. The van der Waals surface area contributed by atoms with E-state index in [2.05, 4.69) is 9.88 Å². The molecule has 88 valence electrons. The average molecular weight is 240 g/mol. The van der Waals surface area contributed by atoms with Crippen molar-refractivity contribution in [1.82, 2.24) is 4.98 Å². The smallest absolute Gasteiger partial charge is 0.186 e. The summed E-state index contributed by atoms with van der Waals surface area (Å²) in [5, 5.41) is 10.2. The number of morpholine rings is 1. The van der Waals surface area contributed by atoms with Crippen LogP contribution in [0.5, 0.6) is 0 Å². The second-order valence-corrected chi connectivity index (χ2v) is 5.59. The van der Waals surface area contributed by atoms with Crippen molar-refractivity contribution >= 4 is 16.5 Å². The zero-order chi connectivity index (χ0) is 11.1. The zero-order valence-electron chi connectivity index (χ0n) is 9.35. The van der Waals surface area contributed by atoms with Crippen molar-refractivity contribution in [3.8, 4) is 0 Å². The third kappa shape index (κ3) is 1.73. The van der Waals surface area contributed by atoms with Gasteiger partial charge in [-0.2, -0.15) is 0 Å². The van der Waals surface area contributed by atoms with Gasteiger partial charge in [0.25, 0.3) is 0 Å². The Labute approximate surface area is 98.9 Å². The van der Waals surface area contributed by atoms with Gasteiger partial charge in [0.1, 0.15) is 0 Å². The molecule has 1 aromatic rings. The van der Waals surface area contributed by atoms with Crippen LogP contribution in [0.4, 0.5) is 5.13 Å². The first-order valence-corrected chi connectivity index (χ1v) is 6.55. The molecular weight excluding hydrogens is 224 g/mol. The lowest BCUT2D eigenvalue weighted by Gasteiger charge is -2.31. The molecule has 2 atom stereocenters. The standard InChI is InChI=1S/C11H16N2O2S/c1-7-10(6-14)16-11(12-7)13-4-8-2-3-9(5-13)15-8/h8-9,14H,2-6H2,1H3. The van der Waals surface area contributed by atoms with Crippen molar-refractivity contribution in [1.29, 1.82) is 0 Å². The summed E-state index contributed by atoms with van der Waals surface area (Å²) in [5.41, 5.74) is 0.960. The largest absolute Gasteiger partial charge is 0.391 e. The Morgan fingerprint density at radius 3 is 2.69 bits per heavy atom. The van der Waals surface area contributed by atoms with Crippen molar-refractivity contribution in [3.05, 3.63) is 10.6 Å². The molecule has 0 saturated carbocycles. The molecule has 4 nitrogen and oxygen atoms in total. The lowest BCUT2D eigenvalue weighted by molar-refractivity contribution is 0.0305. The van der Waals surface area contributed by atoms with E-state index in [-0.39, 0.29) is 6.61 Å². The maximum Gasteiger partial charge on any atom is 0.186 e. The molecule has 3 heterocycles. The summed E-state index contributed by atoms with van der Waals surface area (Å²) in [6, 6.07) is 0. The highest BCUT2D eigenvalue weighted by Crippen LogP contribution is 2.32. The highest BCUT2D eigenvalue weighted by Gasteiger charge is 2.34. The van der Waals surface area contributed by atoms with Crippen LogP contribution in [0.3, 0.4) is 0 Å². The van der Waals surface area contributed by atoms with Gasteiger partial charge in [-0.15, -0.1) is 0 Å². The Morgan fingerprint density at radius 2 is 2.12 bits per heavy atom. The first-order chi connectivity index (χ1) is 7.76. The Bertz CT molecular complexity index is 381. The summed E-state index contributed by atoms with van der Waals surface area (Å²) >= 11 is 1.61. The number of anilines is 1. The van der Waals surface area contributed by atoms with E-state index >= 15 is 0 Å². The van der Waals surface area contributed by atoms with Gasteiger partial charge in [0.15, 0.2) is 5.13 Å². The Kier molecular flexibility index (Phi) is 2.61. The maximum atomic E-state index is 9.17. The molecule has 1 aromatic heterocycles. The molecule has 2 saturated heterocycles. The Morgan fingerprint density at radius 1 is 1.44 bits per heavy atom. The summed E-state index contributed by atoms with van der Waals surface area (Å²) in [5.74, 6) is 0. The first-order valence-electron chi connectivity index (χ1n) is 5.74. The van der Waals surface area contributed by atoms with E-state index in [9.17, 15) is 5.11 Å². The number of aromatic nitrogens is 1. The summed E-state index contributed by atoms with van der Waals surface area (Å²) in [6.07, 6.45) is 3.14. The highest BCUT2D eigenvalue weighted by molar-refractivity contribution is 7.15. The predicted molar refractivity (Wildman–Crippen MR) is 62.9 cm³/mol. The van der Waals surface area contributed by atoms with Gasteiger partial charge >= 0.3 is 0 Å². The fourth-order valence-corrected chi connectivity index (χ4v) is 3.40. The van der Waals surface area contributed by atoms with Crippen LogP contribution in [0.2, 0.25) is 0 Å². The first kappa shape index (κ1) is 10.5. The molecule has 5 heteroatoms. The number of fused-ring (bicyclic) bond motifs is 2. The SMILES string of the molecule is Cc1nc(N2CC3CCC(C2)O3)sc1CO. The van der Waals surface area contributed by atoms with Crippen LogP contribution in [-0.4, -0.2) is 35.4 Å². The molecule has 2 unspecified atom stereocenters. The number of rotatable bonds is 2. The lowest BCUT2D eigenvalue weighted by atomic mass is 10.2. The molecule has 3 rings (SSSR count). The van der Waals surface area contributed by atoms with E-state index in [1.807, 2.05) is 6.92 Å². The fraction of sp³-hybridized carbons (Fsp3) is 0.727. The van der Waals surface area contributed by atoms with Crippen molar-refractivity contribution in [2.45, 2.75) is 38.6 Å². The molecule has 0 aromatic carbocycles. The molecular formula is C11H16N2O2S. The predicted octanol–water partition coefficient (Wildman–Crippen LogP) is 1.31. The van der Waals surface area contributed by atoms with Gasteiger partial charge in [0, 0.05) is 13.1 Å². The molecule has 0 spiro atoms. The van der Waals surface area contributed by atoms with Crippen LogP contribution in [0.25, 0.3) is 0 Å². The summed E-state index contributed by atoms with van der Waals surface area (Å²) in [4.78, 5) is 7.82. The molecule has 1 N–H and O–H groups in total. The third-order valence-corrected chi connectivity index (χ3v) is 4.54. The van der Waals surface area contributed by atoms with Crippen molar-refractivity contribution in [2.24, 2.45) is 0 Å². The number of aliphatic hydroxyl groups excluding tert-OH is 1. The molecule has 2 aliphatic rings. The maximum absolute atomic E-state index is 9.17. The number of hydrogen-bond acceptors (Lipinski definition) is 5. The monoisotopic (exact) mass is 240 g/mol. The Hall–Kier alpha value is -0.650. The van der Waals surface area contributed by atoms with E-state index in [0.29, 0.717) is 12.2 Å². The number of aliphatic hydroxyl groups is 1. The molecule has 0 aliphatic carbocycles. The molecule has 2 fully saturated rings. The molecule has 16 heavy (non-hydrogen) atoms. The highest BCUT2D eigenvalue weighted by atomic mass is 32.1. The number of aryl methyl sites for hydroxylation is 1. The van der Waals surface area contributed by atoms with Gasteiger partial charge < -0.3 is 14.7 Å². The van der Waals surface area contributed by atoms with Gasteiger partial charge in [-0.3, -0.25) is 0 Å². The minimum Gasteiger partial charge on any atom is -0.391 e. The van der Waals surface area contributed by atoms with E-state index in [4.69, 9.17) is 4.74 Å². The van der Waals surface area contributed by atoms with E-state index in [1.54, 1.807) is 11.3 Å². The Balaban J connectivity index is 1.81. The lowest BCUT2D eigenvalue weighted by Crippen LogP contribution is -2.42. The minimum absolute atomic E-state index is 0.0979. The summed E-state index contributed by atoms with van der Waals surface area (Å²) < 4.78 is 5.80. The second-order valence-electron chi connectivity index (χ2n) is 4.53. The van der Waals surface area contributed by atoms with Gasteiger partial charge in [0.05, 0.1) is 29.4 Å². The van der Waals surface area contributed by atoms with E-state index in [1.165, 1.54) is 12.8 Å². The van der Waals surface area contributed by atoms with Gasteiger partial charge in [0.2, 0.25) is 0 Å². The quantitative estimate of drug-likeness (QED) is 0.846. The van der Waals surface area contributed by atoms with Gasteiger partial charge in [-0.05, 0) is 19.8 Å². The minimum atomic E-state index is 0.0979. The van der Waals surface area contributed by atoms with Crippen LogP contribution >= 0.6 is 11.3 Å². The number of nitrogens with zero attached hydrogens (tertiary/aromatic N) is 2. The topological polar surface area (TPSA) is 45.6 Å². The van der Waals surface area contributed by atoms with Crippen LogP contribution in [0.15, 0.2) is 0 Å². The summed E-state index contributed by atoms with van der Waals surface area (Å²) in [6.45, 7) is 3.96. The molecule has 0 amide bonds. The van der Waals surface area contributed by atoms with Crippen molar-refractivity contribution in [3.63, 3.8) is 0 Å². The van der Waals surface area contributed by atoms with Crippen molar-refractivity contribution < 1.29 is 9.84 Å². The third-order valence-electron chi connectivity index (χ3n) is 3.34. The van der Waals surface area contributed by atoms with Gasteiger partial charge in [-0.25, -0.2) is 4.98 Å². The number of hydrogen-bond donors (Lipinski definition) is 1. The van der Waals surface area contributed by atoms with Crippen LogP contribution in [-0.2, 0) is 11.3 Å². The van der Waals surface area contributed by atoms with Crippen molar-refractivity contribution in [2.75, 3.05) is 18.0 Å². The zero-order valence-corrected chi connectivity index (χ0v) is 10.2. The molecule has 2 aliphatic heterocycles. The fourth-order valence-electron chi connectivity index (χ4n) is 2.47. The normalized spacial score (nSPS) is 28.8. The second kappa shape index (κ2) is 3.98. The number of ether oxygens (including phenoxy) is 1.